The highest BCUT2D eigenvalue weighted by Gasteiger charge is 2.30. The minimum absolute atomic E-state index is 0. The molecule has 1 heterocycles. The predicted molar refractivity (Wildman–Crippen MR) is 104 cm³/mol. The summed E-state index contributed by atoms with van der Waals surface area (Å²) in [4.78, 5) is 15.6. The fourth-order valence-electron chi connectivity index (χ4n) is 2.61. The van der Waals surface area contributed by atoms with Crippen LogP contribution in [0.2, 0.25) is 0 Å². The van der Waals surface area contributed by atoms with Gasteiger partial charge in [0.05, 0.1) is 12.7 Å². The van der Waals surface area contributed by atoms with Gasteiger partial charge < -0.3 is 15.4 Å². The monoisotopic (exact) mass is 451 g/mol. The average molecular weight is 453 g/mol. The van der Waals surface area contributed by atoms with E-state index in [2.05, 4.69) is 9.64 Å². The summed E-state index contributed by atoms with van der Waals surface area (Å²) in [5.41, 5.74) is 5.98. The van der Waals surface area contributed by atoms with Crippen molar-refractivity contribution in [1.29, 1.82) is 0 Å². The highest BCUT2D eigenvalue weighted by molar-refractivity contribution is 5.87. The molecule has 11 heteroatoms. The number of methoxy groups -OCH3 is 1. The number of nitrogens with zero attached hydrogens (tertiary/aromatic N) is 2. The topological polar surface area (TPSA) is 58.8 Å². The summed E-state index contributed by atoms with van der Waals surface area (Å²) in [6.07, 6.45) is -3.08. The van der Waals surface area contributed by atoms with Gasteiger partial charge in [-0.25, -0.2) is 4.79 Å². The zero-order valence-corrected chi connectivity index (χ0v) is 17.0. The number of halogens is 6. The van der Waals surface area contributed by atoms with Gasteiger partial charge in [0.1, 0.15) is 5.70 Å². The number of esters is 1. The van der Waals surface area contributed by atoms with Crippen LogP contribution in [0.15, 0.2) is 36.2 Å². The molecule has 0 aromatic heterocycles. The Balaban J connectivity index is 0. The molecule has 1 aromatic carbocycles. The lowest BCUT2D eigenvalue weighted by atomic mass is 10.1. The number of rotatable bonds is 4. The highest BCUT2D eigenvalue weighted by Crippen LogP contribution is 2.29. The van der Waals surface area contributed by atoms with E-state index in [1.54, 1.807) is 0 Å². The first-order valence-electron chi connectivity index (χ1n) is 7.49. The Kier molecular flexibility index (Phi) is 12.6. The summed E-state index contributed by atoms with van der Waals surface area (Å²) in [6.45, 7) is 3.11. The summed E-state index contributed by atoms with van der Waals surface area (Å²) in [6, 6.07) is 5.18. The van der Waals surface area contributed by atoms with Crippen molar-refractivity contribution in [2.24, 2.45) is 5.73 Å². The van der Waals surface area contributed by atoms with Crippen LogP contribution in [0.3, 0.4) is 0 Å². The van der Waals surface area contributed by atoms with Crippen LogP contribution >= 0.6 is 37.2 Å². The maximum atomic E-state index is 12.6. The van der Waals surface area contributed by atoms with E-state index >= 15 is 0 Å². The third-order valence-corrected chi connectivity index (χ3v) is 3.95. The van der Waals surface area contributed by atoms with Gasteiger partial charge in [0.2, 0.25) is 0 Å². The molecule has 0 aliphatic carbocycles. The molecule has 156 valence electrons. The summed E-state index contributed by atoms with van der Waals surface area (Å²) < 4.78 is 42.4. The van der Waals surface area contributed by atoms with E-state index in [0.29, 0.717) is 38.4 Å². The van der Waals surface area contributed by atoms with Gasteiger partial charge in [0, 0.05) is 38.9 Å². The van der Waals surface area contributed by atoms with Gasteiger partial charge in [0.15, 0.2) is 0 Å². The number of benzene rings is 1. The van der Waals surface area contributed by atoms with Crippen molar-refractivity contribution in [3.05, 3.63) is 47.3 Å². The smallest absolute Gasteiger partial charge is 0.416 e. The Hall–Kier alpha value is -1.35. The number of nitrogens with two attached hydrogens (primary N) is 1. The number of ether oxygens (including phenoxy) is 1. The number of alkyl halides is 3. The quantitative estimate of drug-likeness (QED) is 0.562. The zero-order chi connectivity index (χ0) is 17.7. The molecule has 1 aliphatic rings. The number of piperazine rings is 1. The van der Waals surface area contributed by atoms with Gasteiger partial charge in [-0.2, -0.15) is 13.2 Å². The maximum absolute atomic E-state index is 12.6. The third-order valence-electron chi connectivity index (χ3n) is 3.95. The largest absolute Gasteiger partial charge is 0.464 e. The van der Waals surface area contributed by atoms with Crippen molar-refractivity contribution < 1.29 is 22.7 Å². The summed E-state index contributed by atoms with van der Waals surface area (Å²) >= 11 is 0. The fourth-order valence-corrected chi connectivity index (χ4v) is 2.61. The van der Waals surface area contributed by atoms with Crippen molar-refractivity contribution in [2.45, 2.75) is 12.7 Å². The lowest BCUT2D eigenvalue weighted by molar-refractivity contribution is -0.138. The van der Waals surface area contributed by atoms with Crippen LogP contribution in [0, 0.1) is 0 Å². The van der Waals surface area contributed by atoms with Crippen LogP contribution in [0.1, 0.15) is 11.1 Å². The minimum Gasteiger partial charge on any atom is -0.464 e. The lowest BCUT2D eigenvalue weighted by Crippen LogP contribution is -2.46. The molecule has 1 aliphatic heterocycles. The molecule has 1 saturated heterocycles. The fraction of sp³-hybridized carbons (Fsp3) is 0.438. The number of hydrogen-bond acceptors (Lipinski definition) is 5. The van der Waals surface area contributed by atoms with Crippen molar-refractivity contribution in [2.75, 3.05) is 33.3 Å². The van der Waals surface area contributed by atoms with Crippen LogP contribution in [0.5, 0.6) is 0 Å². The summed E-state index contributed by atoms with van der Waals surface area (Å²) in [7, 11) is 1.30. The third kappa shape index (κ3) is 7.65. The van der Waals surface area contributed by atoms with Crippen LogP contribution in [-0.2, 0) is 22.3 Å². The van der Waals surface area contributed by atoms with Crippen LogP contribution in [-0.4, -0.2) is 49.1 Å². The molecule has 27 heavy (non-hydrogen) atoms. The van der Waals surface area contributed by atoms with Crippen molar-refractivity contribution in [3.63, 3.8) is 0 Å². The normalized spacial score (nSPS) is 15.1. The number of carbonyl (C=O) groups is 1. The summed E-state index contributed by atoms with van der Waals surface area (Å²) in [5, 5.41) is 0. The van der Waals surface area contributed by atoms with Crippen molar-refractivity contribution >= 4 is 43.2 Å². The molecule has 5 nitrogen and oxygen atoms in total. The van der Waals surface area contributed by atoms with E-state index in [1.165, 1.54) is 25.4 Å². The molecule has 0 atom stereocenters. The maximum Gasteiger partial charge on any atom is 0.416 e. The average Bonchev–Trinajstić information content (AvgIpc) is 2.56. The van der Waals surface area contributed by atoms with Gasteiger partial charge in [0.25, 0.3) is 0 Å². The van der Waals surface area contributed by atoms with Gasteiger partial charge in [-0.05, 0) is 17.7 Å². The molecular formula is C16H23Cl3F3N3O2. The molecule has 2 N–H and O–H groups in total. The SMILES string of the molecule is COC(=O)/C(=C\N)N1CCN(Cc2ccc(C(F)(F)F)cc2)CC1.Cl.Cl.Cl. The number of hydrogen-bond donors (Lipinski definition) is 1. The molecule has 0 radical (unpaired) electrons. The molecule has 1 fully saturated rings. The molecule has 1 aromatic rings. The first-order valence-corrected chi connectivity index (χ1v) is 7.49. The van der Waals surface area contributed by atoms with E-state index in [1.807, 2.05) is 4.90 Å². The number of carbonyl (C=O) groups excluding carboxylic acids is 1. The summed E-state index contributed by atoms with van der Waals surface area (Å²) in [5.74, 6) is -0.478. The zero-order valence-electron chi connectivity index (χ0n) is 14.6. The predicted octanol–water partition coefficient (Wildman–Crippen LogP) is 3.06. The highest BCUT2D eigenvalue weighted by atomic mass is 35.5. The molecule has 2 rings (SSSR count). The van der Waals surface area contributed by atoms with Crippen LogP contribution < -0.4 is 5.73 Å². The Labute approximate surface area is 174 Å². The minimum atomic E-state index is -4.32. The van der Waals surface area contributed by atoms with Gasteiger partial charge in [-0.3, -0.25) is 4.90 Å². The van der Waals surface area contributed by atoms with Crippen molar-refractivity contribution in [1.82, 2.24) is 9.80 Å². The molecule has 0 spiro atoms. The second-order valence-corrected chi connectivity index (χ2v) is 5.50. The Morgan fingerprint density at radius 3 is 2.04 bits per heavy atom. The van der Waals surface area contributed by atoms with Crippen molar-refractivity contribution in [3.8, 4) is 0 Å². The Morgan fingerprint density at radius 1 is 1.11 bits per heavy atom. The van der Waals surface area contributed by atoms with Gasteiger partial charge in [-0.1, -0.05) is 12.1 Å². The second kappa shape index (κ2) is 12.2. The first kappa shape index (κ1) is 27.9. The molecule has 0 bridgehead atoms. The van der Waals surface area contributed by atoms with Crippen LogP contribution in [0.4, 0.5) is 13.2 Å². The van der Waals surface area contributed by atoms with Gasteiger partial charge in [-0.15, -0.1) is 37.2 Å². The second-order valence-electron chi connectivity index (χ2n) is 5.50. The Bertz CT molecular complexity index is 605. The molecule has 0 amide bonds. The van der Waals surface area contributed by atoms with E-state index in [9.17, 15) is 18.0 Å². The lowest BCUT2D eigenvalue weighted by Gasteiger charge is -2.36. The molecule has 0 saturated carbocycles. The first-order chi connectivity index (χ1) is 11.3. The Morgan fingerprint density at radius 2 is 1.63 bits per heavy atom. The molecular weight excluding hydrogens is 430 g/mol. The standard InChI is InChI=1S/C16H20F3N3O2.3ClH/c1-24-15(23)14(10-20)22-8-6-21(7-9-22)11-12-2-4-13(5-3-12)16(17,18)19;;;/h2-5,10H,6-9,11,20H2,1H3;3*1H/b14-10+;;;. The van der Waals surface area contributed by atoms with E-state index in [0.717, 1.165) is 17.7 Å². The molecule has 0 unspecified atom stereocenters. The van der Waals surface area contributed by atoms with E-state index < -0.39 is 17.7 Å². The van der Waals surface area contributed by atoms with Crippen LogP contribution in [0.25, 0.3) is 0 Å². The van der Waals surface area contributed by atoms with E-state index in [4.69, 9.17) is 5.73 Å². The van der Waals surface area contributed by atoms with E-state index in [-0.39, 0.29) is 37.2 Å². The van der Waals surface area contributed by atoms with Gasteiger partial charge >= 0.3 is 12.1 Å².